The molecule has 2 aromatic rings. The molecule has 0 spiro atoms. The maximum Gasteiger partial charge on any atom is 0.167 e. The Morgan fingerprint density at radius 3 is 2.78 bits per heavy atom. The average molecular weight is 264 g/mol. The molecular weight excluding hydrogens is 250 g/mol. The second-order valence-electron chi connectivity index (χ2n) is 4.20. The van der Waals surface area contributed by atoms with Gasteiger partial charge in [0.2, 0.25) is 0 Å². The number of hydrogen-bond donors (Lipinski definition) is 1. The van der Waals surface area contributed by atoms with Crippen LogP contribution >= 0.6 is 11.6 Å². The Bertz CT molecular complexity index is 604. The van der Waals surface area contributed by atoms with Gasteiger partial charge in [0.1, 0.15) is 5.15 Å². The molecule has 0 atom stereocenters. The van der Waals surface area contributed by atoms with E-state index in [0.717, 1.165) is 11.3 Å². The predicted molar refractivity (Wildman–Crippen MR) is 71.8 cm³/mol. The van der Waals surface area contributed by atoms with Gasteiger partial charge in [-0.15, -0.1) is 0 Å². The van der Waals surface area contributed by atoms with Crippen molar-refractivity contribution >= 4 is 23.1 Å². The molecule has 0 amide bonds. The van der Waals surface area contributed by atoms with Gasteiger partial charge in [-0.1, -0.05) is 23.7 Å². The molecule has 4 nitrogen and oxygen atoms in total. The van der Waals surface area contributed by atoms with Crippen LogP contribution in [0.3, 0.4) is 0 Å². The molecule has 18 heavy (non-hydrogen) atoms. The highest BCUT2D eigenvalue weighted by molar-refractivity contribution is 6.30. The van der Waals surface area contributed by atoms with Crippen LogP contribution in [-0.2, 0) is 13.5 Å². The van der Waals surface area contributed by atoms with Crippen molar-refractivity contribution in [3.05, 3.63) is 46.2 Å². The van der Waals surface area contributed by atoms with Crippen molar-refractivity contribution in [1.82, 2.24) is 9.78 Å². The van der Waals surface area contributed by atoms with E-state index in [4.69, 9.17) is 17.3 Å². The van der Waals surface area contributed by atoms with Gasteiger partial charge >= 0.3 is 0 Å². The SMILES string of the molecule is Cc1nn(C)c(Cl)c1CC(=O)c1cccc(N)c1. The number of carbonyl (C=O) groups excluding carboxylic acids is 1. The molecule has 2 N–H and O–H groups in total. The summed E-state index contributed by atoms with van der Waals surface area (Å²) in [5, 5.41) is 4.69. The number of hydrogen-bond acceptors (Lipinski definition) is 3. The van der Waals surface area contributed by atoms with Gasteiger partial charge < -0.3 is 5.73 Å². The van der Waals surface area contributed by atoms with Gasteiger partial charge in [0.15, 0.2) is 5.78 Å². The van der Waals surface area contributed by atoms with Crippen molar-refractivity contribution in [1.29, 1.82) is 0 Å². The van der Waals surface area contributed by atoms with E-state index in [1.807, 2.05) is 6.92 Å². The zero-order valence-corrected chi connectivity index (χ0v) is 11.0. The highest BCUT2D eigenvalue weighted by atomic mass is 35.5. The van der Waals surface area contributed by atoms with Crippen LogP contribution < -0.4 is 5.73 Å². The Morgan fingerprint density at radius 2 is 2.22 bits per heavy atom. The lowest BCUT2D eigenvalue weighted by atomic mass is 10.0. The Morgan fingerprint density at radius 1 is 1.50 bits per heavy atom. The molecule has 1 aromatic carbocycles. The fraction of sp³-hybridized carbons (Fsp3) is 0.231. The molecule has 0 radical (unpaired) electrons. The van der Waals surface area contributed by atoms with Crippen LogP contribution in [0.2, 0.25) is 5.15 Å². The quantitative estimate of drug-likeness (QED) is 0.683. The summed E-state index contributed by atoms with van der Waals surface area (Å²) in [6, 6.07) is 6.93. The zero-order valence-electron chi connectivity index (χ0n) is 10.3. The van der Waals surface area contributed by atoms with Crippen LogP contribution in [0.1, 0.15) is 21.6 Å². The van der Waals surface area contributed by atoms with Gasteiger partial charge in [-0.2, -0.15) is 5.10 Å². The van der Waals surface area contributed by atoms with E-state index in [9.17, 15) is 4.79 Å². The van der Waals surface area contributed by atoms with E-state index < -0.39 is 0 Å². The molecule has 94 valence electrons. The van der Waals surface area contributed by atoms with Crippen molar-refractivity contribution in [2.45, 2.75) is 13.3 Å². The summed E-state index contributed by atoms with van der Waals surface area (Å²) in [4.78, 5) is 12.1. The number of ketones is 1. The molecule has 0 saturated carbocycles. The first kappa shape index (κ1) is 12.6. The number of nitrogens with zero attached hydrogens (tertiary/aromatic N) is 2. The Kier molecular flexibility index (Phi) is 3.39. The van der Waals surface area contributed by atoms with E-state index in [-0.39, 0.29) is 12.2 Å². The fourth-order valence-electron chi connectivity index (χ4n) is 1.85. The maximum atomic E-state index is 12.1. The van der Waals surface area contributed by atoms with Gasteiger partial charge in [0, 0.05) is 30.3 Å². The molecule has 1 aromatic heterocycles. The number of rotatable bonds is 3. The monoisotopic (exact) mass is 263 g/mol. The van der Waals surface area contributed by atoms with Gasteiger partial charge in [-0.25, -0.2) is 0 Å². The van der Waals surface area contributed by atoms with Crippen LogP contribution in [0, 0.1) is 6.92 Å². The first-order chi connectivity index (χ1) is 8.49. The molecule has 0 unspecified atom stereocenters. The van der Waals surface area contributed by atoms with E-state index in [1.165, 1.54) is 0 Å². The summed E-state index contributed by atoms with van der Waals surface area (Å²) < 4.78 is 1.57. The van der Waals surface area contributed by atoms with Crippen LogP contribution in [-0.4, -0.2) is 15.6 Å². The molecular formula is C13H14ClN3O. The summed E-state index contributed by atoms with van der Waals surface area (Å²) >= 11 is 6.10. The van der Waals surface area contributed by atoms with E-state index in [2.05, 4.69) is 5.10 Å². The molecule has 0 bridgehead atoms. The lowest BCUT2D eigenvalue weighted by molar-refractivity contribution is 0.0993. The average Bonchev–Trinajstić information content (AvgIpc) is 2.56. The van der Waals surface area contributed by atoms with Crippen molar-refractivity contribution in [3.63, 3.8) is 0 Å². The molecule has 0 aliphatic heterocycles. The standard InChI is InChI=1S/C13H14ClN3O/c1-8-11(13(14)17(2)16-8)7-12(18)9-4-3-5-10(15)6-9/h3-6H,7,15H2,1-2H3. The minimum absolute atomic E-state index is 0.0136. The van der Waals surface area contributed by atoms with Crippen molar-refractivity contribution < 1.29 is 4.79 Å². The Balaban J connectivity index is 2.27. The van der Waals surface area contributed by atoms with Crippen molar-refractivity contribution in [2.24, 2.45) is 7.05 Å². The molecule has 5 heteroatoms. The van der Waals surface area contributed by atoms with E-state index in [0.29, 0.717) is 16.4 Å². The minimum Gasteiger partial charge on any atom is -0.399 e. The van der Waals surface area contributed by atoms with Gasteiger partial charge in [-0.3, -0.25) is 9.48 Å². The highest BCUT2D eigenvalue weighted by Gasteiger charge is 2.16. The fourth-order valence-corrected chi connectivity index (χ4v) is 2.09. The summed E-state index contributed by atoms with van der Waals surface area (Å²) in [6.07, 6.45) is 0.238. The van der Waals surface area contributed by atoms with E-state index >= 15 is 0 Å². The first-order valence-electron chi connectivity index (χ1n) is 5.55. The summed E-state index contributed by atoms with van der Waals surface area (Å²) in [7, 11) is 1.75. The number of benzene rings is 1. The maximum absolute atomic E-state index is 12.1. The van der Waals surface area contributed by atoms with Crippen LogP contribution in [0.4, 0.5) is 5.69 Å². The van der Waals surface area contributed by atoms with Gasteiger partial charge in [0.05, 0.1) is 5.69 Å². The number of nitrogens with two attached hydrogens (primary N) is 1. The summed E-state index contributed by atoms with van der Waals surface area (Å²) in [6.45, 7) is 1.84. The molecule has 2 rings (SSSR count). The van der Waals surface area contributed by atoms with E-state index in [1.54, 1.807) is 36.0 Å². The number of anilines is 1. The molecule has 0 saturated heterocycles. The third-order valence-corrected chi connectivity index (χ3v) is 3.29. The molecule has 1 heterocycles. The Hall–Kier alpha value is -1.81. The van der Waals surface area contributed by atoms with Crippen molar-refractivity contribution in [3.8, 4) is 0 Å². The minimum atomic E-state index is -0.0136. The van der Waals surface area contributed by atoms with Crippen LogP contribution in [0.15, 0.2) is 24.3 Å². The van der Waals surface area contributed by atoms with Gasteiger partial charge in [0.25, 0.3) is 0 Å². The normalized spacial score (nSPS) is 10.6. The topological polar surface area (TPSA) is 60.9 Å². The molecule has 0 aliphatic rings. The van der Waals surface area contributed by atoms with Gasteiger partial charge in [-0.05, 0) is 19.1 Å². The number of aromatic nitrogens is 2. The second kappa shape index (κ2) is 4.82. The zero-order chi connectivity index (χ0) is 13.3. The number of Topliss-reactive ketones (excluding diaryl/α,β-unsaturated/α-hetero) is 1. The van der Waals surface area contributed by atoms with Crippen molar-refractivity contribution in [2.75, 3.05) is 5.73 Å². The number of nitrogen functional groups attached to an aromatic ring is 1. The number of aryl methyl sites for hydroxylation is 2. The number of carbonyl (C=O) groups is 1. The third-order valence-electron chi connectivity index (χ3n) is 2.82. The first-order valence-corrected chi connectivity index (χ1v) is 5.93. The Labute approximate surface area is 110 Å². The smallest absolute Gasteiger partial charge is 0.167 e. The second-order valence-corrected chi connectivity index (χ2v) is 4.56. The third kappa shape index (κ3) is 2.38. The van der Waals surface area contributed by atoms with Crippen LogP contribution in [0.5, 0.6) is 0 Å². The molecule has 0 aliphatic carbocycles. The molecule has 0 fully saturated rings. The predicted octanol–water partition coefficient (Wildman–Crippen LogP) is 2.39. The summed E-state index contributed by atoms with van der Waals surface area (Å²) in [5.74, 6) is -0.0136. The highest BCUT2D eigenvalue weighted by Crippen LogP contribution is 2.21. The largest absolute Gasteiger partial charge is 0.399 e. The lowest BCUT2D eigenvalue weighted by Gasteiger charge is -2.02. The van der Waals surface area contributed by atoms with Crippen LogP contribution in [0.25, 0.3) is 0 Å². The number of halogens is 1. The summed E-state index contributed by atoms with van der Waals surface area (Å²) in [5.41, 5.74) is 8.38. The lowest BCUT2D eigenvalue weighted by Crippen LogP contribution is -2.05.